The molecule has 2 atom stereocenters. The van der Waals surface area contributed by atoms with Crippen molar-refractivity contribution in [3.8, 4) is 5.75 Å². The van der Waals surface area contributed by atoms with Crippen molar-refractivity contribution in [1.29, 1.82) is 0 Å². The Hall–Kier alpha value is -2.63. The monoisotopic (exact) mass is 561 g/mol. The molecule has 2 aromatic carbocycles. The van der Waals surface area contributed by atoms with Gasteiger partial charge in [-0.3, -0.25) is 14.4 Å². The molecule has 38 heavy (non-hydrogen) atoms. The van der Waals surface area contributed by atoms with E-state index in [-0.39, 0.29) is 0 Å². The minimum Gasteiger partial charge on any atom is -0.487 e. The number of carbonyl (C=O) groups excluding carboxylic acids is 1. The van der Waals surface area contributed by atoms with Gasteiger partial charge >= 0.3 is 0 Å². The van der Waals surface area contributed by atoms with Crippen molar-refractivity contribution in [2.75, 3.05) is 36.1 Å². The number of piperidine rings is 1. The van der Waals surface area contributed by atoms with E-state index in [0.717, 1.165) is 57.7 Å². The van der Waals surface area contributed by atoms with E-state index in [9.17, 15) is 21.6 Å². The zero-order valence-corrected chi connectivity index (χ0v) is 23.4. The van der Waals surface area contributed by atoms with Gasteiger partial charge < -0.3 is 10.1 Å². The van der Waals surface area contributed by atoms with Crippen LogP contribution in [0.3, 0.4) is 0 Å². The second kappa shape index (κ2) is 10.2. The summed E-state index contributed by atoms with van der Waals surface area (Å²) in [5.74, 6) is -0.606. The number of rotatable bonds is 6. The Balaban J connectivity index is 1.34. The second-order valence-electron chi connectivity index (χ2n) is 11.0. The number of amides is 1. The van der Waals surface area contributed by atoms with Gasteiger partial charge in [-0.15, -0.1) is 0 Å². The van der Waals surface area contributed by atoms with E-state index >= 15 is 0 Å². The van der Waals surface area contributed by atoms with Crippen molar-refractivity contribution in [3.05, 3.63) is 59.2 Å². The lowest BCUT2D eigenvalue weighted by molar-refractivity contribution is -0.120. The van der Waals surface area contributed by atoms with Gasteiger partial charge in [0, 0.05) is 43.1 Å². The van der Waals surface area contributed by atoms with Crippen LogP contribution >= 0.6 is 0 Å². The molecule has 2 heterocycles. The van der Waals surface area contributed by atoms with E-state index in [0.29, 0.717) is 29.5 Å². The number of nitrogens with zero attached hydrogens (tertiary/aromatic N) is 1. The Kier molecular flexibility index (Phi) is 7.21. The lowest BCUT2D eigenvalue weighted by Gasteiger charge is -2.49. The maximum atomic E-state index is 12.6. The van der Waals surface area contributed by atoms with E-state index in [1.165, 1.54) is 11.1 Å². The first kappa shape index (κ1) is 27.0. The van der Waals surface area contributed by atoms with E-state index in [1.807, 2.05) is 0 Å². The third kappa shape index (κ3) is 6.32. The molecular formula is C27H35N3O6S2. The normalized spacial score (nSPS) is 23.1. The highest BCUT2D eigenvalue weighted by molar-refractivity contribution is 7.92. The van der Waals surface area contributed by atoms with Gasteiger partial charge in [-0.25, -0.2) is 16.8 Å². The van der Waals surface area contributed by atoms with Crippen molar-refractivity contribution < 1.29 is 26.4 Å². The van der Waals surface area contributed by atoms with Crippen LogP contribution in [-0.4, -0.2) is 70.6 Å². The van der Waals surface area contributed by atoms with Crippen molar-refractivity contribution in [2.24, 2.45) is 0 Å². The van der Waals surface area contributed by atoms with Crippen LogP contribution in [0.2, 0.25) is 0 Å². The highest BCUT2D eigenvalue weighted by atomic mass is 32.2. The molecule has 3 aliphatic rings. The minimum atomic E-state index is -3.50. The lowest BCUT2D eigenvalue weighted by Crippen LogP contribution is -2.55. The first-order valence-corrected chi connectivity index (χ1v) is 16.9. The fourth-order valence-corrected chi connectivity index (χ4v) is 7.26. The molecular weight excluding hydrogens is 526 g/mol. The van der Waals surface area contributed by atoms with Crippen LogP contribution in [0.15, 0.2) is 42.5 Å². The first-order valence-electron chi connectivity index (χ1n) is 13.0. The summed E-state index contributed by atoms with van der Waals surface area (Å²) in [6.07, 6.45) is 7.42. The Labute approximate surface area is 224 Å². The Morgan fingerprint density at radius 1 is 1.05 bits per heavy atom. The zero-order valence-electron chi connectivity index (χ0n) is 21.8. The van der Waals surface area contributed by atoms with E-state index in [4.69, 9.17) is 4.74 Å². The van der Waals surface area contributed by atoms with Gasteiger partial charge in [0.05, 0.1) is 12.3 Å². The van der Waals surface area contributed by atoms with Crippen molar-refractivity contribution in [2.45, 2.75) is 56.2 Å². The van der Waals surface area contributed by atoms with Gasteiger partial charge in [0.15, 0.2) is 9.84 Å². The number of aryl methyl sites for hydroxylation is 1. The molecule has 1 fully saturated rings. The summed E-state index contributed by atoms with van der Waals surface area (Å²) >= 11 is 0. The number of ether oxygens (including phenoxy) is 1. The van der Waals surface area contributed by atoms with Crippen LogP contribution in [0.4, 0.5) is 5.69 Å². The zero-order chi connectivity index (χ0) is 27.1. The average Bonchev–Trinajstić information content (AvgIpc) is 2.82. The maximum Gasteiger partial charge on any atom is 0.235 e. The molecule has 0 aromatic heterocycles. The number of hydrogen-bond donors (Lipinski definition) is 2. The minimum absolute atomic E-state index is 0.362. The number of anilines is 1. The van der Waals surface area contributed by atoms with Gasteiger partial charge in [0.1, 0.15) is 17.1 Å². The topological polar surface area (TPSA) is 122 Å². The number of fused-ring (bicyclic) bond motifs is 2. The SMILES string of the molecule is CS(=O)(=O)CC(=O)NC1CC2(CCN(C3CCc4ccccc4C3)CC2)Oc2ccc(NS(C)(=O)=O)cc21. The molecule has 0 bridgehead atoms. The largest absolute Gasteiger partial charge is 0.487 e. The van der Waals surface area contributed by atoms with Crippen molar-refractivity contribution in [3.63, 3.8) is 0 Å². The van der Waals surface area contributed by atoms with E-state index < -0.39 is 43.2 Å². The number of sulfonamides is 1. The Morgan fingerprint density at radius 2 is 1.76 bits per heavy atom. The molecule has 2 N–H and O–H groups in total. The van der Waals surface area contributed by atoms with Crippen LogP contribution in [0.25, 0.3) is 0 Å². The van der Waals surface area contributed by atoms with Gasteiger partial charge in [0.2, 0.25) is 15.9 Å². The summed E-state index contributed by atoms with van der Waals surface area (Å²) in [7, 11) is -6.99. The van der Waals surface area contributed by atoms with E-state index in [2.05, 4.69) is 39.2 Å². The van der Waals surface area contributed by atoms with Crippen LogP contribution < -0.4 is 14.8 Å². The summed E-state index contributed by atoms with van der Waals surface area (Å²) in [6.45, 7) is 1.75. The number of carbonyl (C=O) groups is 1. The number of sulfone groups is 1. The van der Waals surface area contributed by atoms with Crippen molar-refractivity contribution >= 4 is 31.5 Å². The summed E-state index contributed by atoms with van der Waals surface area (Å²) in [5, 5.41) is 2.89. The Bertz CT molecular complexity index is 1430. The number of nitrogens with one attached hydrogen (secondary N) is 2. The molecule has 2 unspecified atom stereocenters. The molecule has 206 valence electrons. The second-order valence-corrected chi connectivity index (χ2v) is 14.9. The highest BCUT2D eigenvalue weighted by Crippen LogP contribution is 2.45. The van der Waals surface area contributed by atoms with Gasteiger partial charge in [0.25, 0.3) is 0 Å². The standard InChI is InChI=1S/C27H35N3O6S2/c1-37(32,33)18-26(31)28-24-17-27(36-25-10-8-21(16-23(24)25)29-38(2,34)35)11-13-30(14-12-27)22-9-7-19-5-3-4-6-20(19)15-22/h3-6,8,10,16,22,24,29H,7,9,11-15,17-18H2,1-2H3,(H,28,31). The summed E-state index contributed by atoms with van der Waals surface area (Å²) in [4.78, 5) is 15.2. The fourth-order valence-electron chi connectivity index (χ4n) is 6.14. The van der Waals surface area contributed by atoms with Crippen LogP contribution in [-0.2, 0) is 37.5 Å². The molecule has 1 amide bonds. The highest BCUT2D eigenvalue weighted by Gasteiger charge is 2.45. The molecule has 2 aliphatic heterocycles. The quantitative estimate of drug-likeness (QED) is 0.556. The summed E-state index contributed by atoms with van der Waals surface area (Å²) in [6, 6.07) is 13.7. The molecule has 1 saturated heterocycles. The molecule has 11 heteroatoms. The molecule has 0 radical (unpaired) electrons. The third-order valence-electron chi connectivity index (χ3n) is 7.87. The lowest BCUT2D eigenvalue weighted by atomic mass is 9.79. The third-order valence-corrected chi connectivity index (χ3v) is 9.26. The van der Waals surface area contributed by atoms with Gasteiger partial charge in [-0.05, 0) is 61.4 Å². The van der Waals surface area contributed by atoms with Crippen LogP contribution in [0.5, 0.6) is 5.75 Å². The summed E-state index contributed by atoms with van der Waals surface area (Å²) in [5.41, 5.74) is 3.38. The number of likely N-dealkylation sites (tertiary alicyclic amines) is 1. The van der Waals surface area contributed by atoms with Gasteiger partial charge in [-0.2, -0.15) is 0 Å². The number of benzene rings is 2. The Morgan fingerprint density at radius 3 is 2.45 bits per heavy atom. The van der Waals surface area contributed by atoms with Gasteiger partial charge in [-0.1, -0.05) is 24.3 Å². The first-order chi connectivity index (χ1) is 17.9. The smallest absolute Gasteiger partial charge is 0.235 e. The molecule has 2 aromatic rings. The molecule has 5 rings (SSSR count). The number of hydrogen-bond acceptors (Lipinski definition) is 7. The molecule has 0 saturated carbocycles. The maximum absolute atomic E-state index is 12.6. The van der Waals surface area contributed by atoms with Crippen molar-refractivity contribution in [1.82, 2.24) is 10.2 Å². The van der Waals surface area contributed by atoms with Crippen LogP contribution in [0, 0.1) is 0 Å². The molecule has 9 nitrogen and oxygen atoms in total. The summed E-state index contributed by atoms with van der Waals surface area (Å²) < 4.78 is 56.0. The fraction of sp³-hybridized carbons (Fsp3) is 0.519. The van der Waals surface area contributed by atoms with Crippen LogP contribution in [0.1, 0.15) is 48.4 Å². The molecule has 1 aliphatic carbocycles. The average molecular weight is 562 g/mol. The molecule has 1 spiro atoms. The van der Waals surface area contributed by atoms with E-state index in [1.54, 1.807) is 18.2 Å². The predicted octanol–water partition coefficient (Wildman–Crippen LogP) is 2.43. The predicted molar refractivity (Wildman–Crippen MR) is 147 cm³/mol.